The molecule has 0 bridgehead atoms. The number of nitrogens with zero attached hydrogens (tertiary/aromatic N) is 3. The third-order valence-corrected chi connectivity index (χ3v) is 3.90. The molecule has 2 aromatic rings. The number of amides is 1. The second kappa shape index (κ2) is 7.02. The lowest BCUT2D eigenvalue weighted by atomic mass is 10.0. The molecule has 1 saturated heterocycles. The minimum absolute atomic E-state index is 0.0978. The lowest BCUT2D eigenvalue weighted by Crippen LogP contribution is -2.45. The molecule has 5 nitrogen and oxygen atoms in total. The van der Waals surface area contributed by atoms with Crippen molar-refractivity contribution in [3.8, 4) is 0 Å². The normalized spacial score (nSPS) is 15.5. The van der Waals surface area contributed by atoms with Gasteiger partial charge in [0, 0.05) is 31.5 Å². The highest BCUT2D eigenvalue weighted by Crippen LogP contribution is 2.15. The first-order chi connectivity index (χ1) is 10.8. The zero-order valence-electron chi connectivity index (χ0n) is 12.5. The van der Waals surface area contributed by atoms with Crippen molar-refractivity contribution in [3.63, 3.8) is 0 Å². The van der Waals surface area contributed by atoms with E-state index in [1.54, 1.807) is 12.4 Å². The average molecular weight is 296 g/mol. The molecule has 0 unspecified atom stereocenters. The molecule has 1 N–H and O–H groups in total. The number of benzene rings is 1. The molecule has 1 amide bonds. The molecule has 2 heterocycles. The van der Waals surface area contributed by atoms with Crippen molar-refractivity contribution in [1.82, 2.24) is 15.3 Å². The lowest BCUT2D eigenvalue weighted by molar-refractivity contribution is -0.121. The molecule has 0 aliphatic carbocycles. The van der Waals surface area contributed by atoms with Crippen LogP contribution >= 0.6 is 0 Å². The van der Waals surface area contributed by atoms with E-state index in [4.69, 9.17) is 0 Å². The van der Waals surface area contributed by atoms with E-state index in [9.17, 15) is 4.79 Å². The van der Waals surface area contributed by atoms with Crippen LogP contribution in [0.15, 0.2) is 48.8 Å². The molecule has 22 heavy (non-hydrogen) atoms. The highest BCUT2D eigenvalue weighted by atomic mass is 16.1. The van der Waals surface area contributed by atoms with E-state index < -0.39 is 0 Å². The zero-order valence-corrected chi connectivity index (χ0v) is 12.5. The van der Waals surface area contributed by atoms with E-state index in [0.717, 1.165) is 37.4 Å². The van der Waals surface area contributed by atoms with Crippen molar-refractivity contribution in [2.75, 3.05) is 18.0 Å². The molecule has 0 saturated carbocycles. The van der Waals surface area contributed by atoms with Crippen LogP contribution in [0.1, 0.15) is 18.4 Å². The van der Waals surface area contributed by atoms with E-state index >= 15 is 0 Å². The van der Waals surface area contributed by atoms with Crippen LogP contribution in [-0.2, 0) is 11.2 Å². The largest absolute Gasteiger partial charge is 0.353 e. The van der Waals surface area contributed by atoms with Crippen LogP contribution in [0.5, 0.6) is 0 Å². The summed E-state index contributed by atoms with van der Waals surface area (Å²) in [5.41, 5.74) is 1.05. The fraction of sp³-hybridized carbons (Fsp3) is 0.353. The molecule has 1 fully saturated rings. The van der Waals surface area contributed by atoms with Crippen molar-refractivity contribution >= 4 is 11.9 Å². The summed E-state index contributed by atoms with van der Waals surface area (Å²) >= 11 is 0. The molecule has 1 aliphatic rings. The highest BCUT2D eigenvalue weighted by Gasteiger charge is 2.21. The number of carbonyl (C=O) groups excluding carboxylic acids is 1. The molecule has 114 valence electrons. The van der Waals surface area contributed by atoms with Gasteiger partial charge in [-0.1, -0.05) is 30.3 Å². The predicted molar refractivity (Wildman–Crippen MR) is 85.6 cm³/mol. The third kappa shape index (κ3) is 3.81. The maximum atomic E-state index is 12.1. The molecule has 1 aliphatic heterocycles. The van der Waals surface area contributed by atoms with Crippen LogP contribution < -0.4 is 10.2 Å². The second-order valence-electron chi connectivity index (χ2n) is 5.54. The number of nitrogens with one attached hydrogen (secondary N) is 1. The van der Waals surface area contributed by atoms with Gasteiger partial charge in [-0.3, -0.25) is 4.79 Å². The SMILES string of the molecule is O=C(Cc1ccccc1)NC1CCN(c2ncccn2)CC1. The summed E-state index contributed by atoms with van der Waals surface area (Å²) in [5, 5.41) is 3.13. The Morgan fingerprint density at radius 2 is 1.77 bits per heavy atom. The Balaban J connectivity index is 1.47. The summed E-state index contributed by atoms with van der Waals surface area (Å²) in [4.78, 5) is 22.8. The average Bonchev–Trinajstić information content (AvgIpc) is 2.57. The summed E-state index contributed by atoms with van der Waals surface area (Å²) in [6.07, 6.45) is 5.83. The first-order valence-corrected chi connectivity index (χ1v) is 7.66. The van der Waals surface area contributed by atoms with Crippen LogP contribution in [0.2, 0.25) is 0 Å². The summed E-state index contributed by atoms with van der Waals surface area (Å²) in [6, 6.07) is 11.9. The number of anilines is 1. The van der Waals surface area contributed by atoms with Gasteiger partial charge >= 0.3 is 0 Å². The monoisotopic (exact) mass is 296 g/mol. The maximum Gasteiger partial charge on any atom is 0.225 e. The Morgan fingerprint density at radius 3 is 2.45 bits per heavy atom. The maximum absolute atomic E-state index is 12.1. The summed E-state index contributed by atoms with van der Waals surface area (Å²) in [5.74, 6) is 0.872. The Bertz CT molecular complexity index is 595. The van der Waals surface area contributed by atoms with Gasteiger partial charge in [-0.15, -0.1) is 0 Å². The smallest absolute Gasteiger partial charge is 0.225 e. The number of hydrogen-bond acceptors (Lipinski definition) is 4. The Kier molecular flexibility index (Phi) is 4.63. The fourth-order valence-electron chi connectivity index (χ4n) is 2.74. The predicted octanol–water partition coefficient (Wildman–Crippen LogP) is 1.80. The van der Waals surface area contributed by atoms with Crippen molar-refractivity contribution in [2.24, 2.45) is 0 Å². The molecule has 1 aromatic carbocycles. The molecule has 0 atom stereocenters. The molecule has 3 rings (SSSR count). The molecule has 1 aromatic heterocycles. The summed E-state index contributed by atoms with van der Waals surface area (Å²) < 4.78 is 0. The van der Waals surface area contributed by atoms with Gasteiger partial charge in [0.1, 0.15) is 0 Å². The van der Waals surface area contributed by atoms with Gasteiger partial charge in [-0.25, -0.2) is 9.97 Å². The quantitative estimate of drug-likeness (QED) is 0.935. The van der Waals surface area contributed by atoms with Crippen molar-refractivity contribution < 1.29 is 4.79 Å². The third-order valence-electron chi connectivity index (χ3n) is 3.90. The van der Waals surface area contributed by atoms with Crippen molar-refractivity contribution in [3.05, 3.63) is 54.4 Å². The number of rotatable bonds is 4. The number of carbonyl (C=O) groups is 1. The van der Waals surface area contributed by atoms with Gasteiger partial charge in [0.25, 0.3) is 0 Å². The minimum Gasteiger partial charge on any atom is -0.353 e. The zero-order chi connectivity index (χ0) is 15.2. The van der Waals surface area contributed by atoms with E-state index in [2.05, 4.69) is 20.2 Å². The van der Waals surface area contributed by atoms with E-state index in [-0.39, 0.29) is 11.9 Å². The van der Waals surface area contributed by atoms with E-state index in [0.29, 0.717) is 6.42 Å². The Hall–Kier alpha value is -2.43. The van der Waals surface area contributed by atoms with Crippen LogP contribution in [0.25, 0.3) is 0 Å². The van der Waals surface area contributed by atoms with Crippen LogP contribution in [0, 0.1) is 0 Å². The Morgan fingerprint density at radius 1 is 1.09 bits per heavy atom. The molecule has 0 spiro atoms. The molecule has 0 radical (unpaired) electrons. The summed E-state index contributed by atoms with van der Waals surface area (Å²) in [7, 11) is 0. The van der Waals surface area contributed by atoms with Crippen molar-refractivity contribution in [1.29, 1.82) is 0 Å². The Labute approximate surface area is 130 Å². The number of hydrogen-bond donors (Lipinski definition) is 1. The minimum atomic E-state index is 0.0978. The molecular formula is C17H20N4O. The van der Waals surface area contributed by atoms with Crippen LogP contribution in [0.4, 0.5) is 5.95 Å². The van der Waals surface area contributed by atoms with Gasteiger partial charge in [0.15, 0.2) is 0 Å². The van der Waals surface area contributed by atoms with Crippen LogP contribution in [-0.4, -0.2) is 35.0 Å². The van der Waals surface area contributed by atoms with E-state index in [1.807, 2.05) is 36.4 Å². The fourth-order valence-corrected chi connectivity index (χ4v) is 2.74. The van der Waals surface area contributed by atoms with Gasteiger partial charge in [-0.05, 0) is 24.5 Å². The van der Waals surface area contributed by atoms with Crippen LogP contribution in [0.3, 0.4) is 0 Å². The topological polar surface area (TPSA) is 58.1 Å². The van der Waals surface area contributed by atoms with Gasteiger partial charge in [-0.2, -0.15) is 0 Å². The van der Waals surface area contributed by atoms with Crippen molar-refractivity contribution in [2.45, 2.75) is 25.3 Å². The van der Waals surface area contributed by atoms with E-state index in [1.165, 1.54) is 0 Å². The first kappa shape index (κ1) is 14.5. The van der Waals surface area contributed by atoms with Gasteiger partial charge in [0.2, 0.25) is 11.9 Å². The molecule has 5 heteroatoms. The van der Waals surface area contributed by atoms with Gasteiger partial charge < -0.3 is 10.2 Å². The number of piperidine rings is 1. The lowest BCUT2D eigenvalue weighted by Gasteiger charge is -2.32. The number of aromatic nitrogens is 2. The summed E-state index contributed by atoms with van der Waals surface area (Å²) in [6.45, 7) is 1.75. The standard InChI is InChI=1S/C17H20N4O/c22-16(13-14-5-2-1-3-6-14)20-15-7-11-21(12-8-15)17-18-9-4-10-19-17/h1-6,9-10,15H,7-8,11-13H2,(H,20,22). The second-order valence-corrected chi connectivity index (χ2v) is 5.54. The highest BCUT2D eigenvalue weighted by molar-refractivity contribution is 5.78. The molecular weight excluding hydrogens is 276 g/mol. The van der Waals surface area contributed by atoms with Gasteiger partial charge in [0.05, 0.1) is 6.42 Å². The first-order valence-electron chi connectivity index (χ1n) is 7.66.